The van der Waals surface area contributed by atoms with Crippen LogP contribution in [-0.2, 0) is 0 Å². The summed E-state index contributed by atoms with van der Waals surface area (Å²) in [6.45, 7) is 1.84. The number of halogens is 2. The number of nitrogens with zero attached hydrogens (tertiary/aromatic N) is 2. The fraction of sp³-hybridized carbons (Fsp3) is 0.0714. The average Bonchev–Trinajstić information content (AvgIpc) is 2.67. The quantitative estimate of drug-likeness (QED) is 0.688. The highest BCUT2D eigenvalue weighted by Crippen LogP contribution is 2.28. The van der Waals surface area contributed by atoms with Crippen molar-refractivity contribution in [3.63, 3.8) is 0 Å². The number of hydrogen-bond acceptors (Lipinski definition) is 2. The van der Waals surface area contributed by atoms with E-state index in [9.17, 15) is 4.39 Å². The number of aryl methyl sites for hydroxylation is 1. The molecule has 3 nitrogen and oxygen atoms in total. The van der Waals surface area contributed by atoms with Crippen molar-refractivity contribution in [2.75, 3.05) is 5.73 Å². The molecule has 0 unspecified atom stereocenters. The van der Waals surface area contributed by atoms with Crippen LogP contribution in [0.1, 0.15) is 5.82 Å². The molecule has 0 radical (unpaired) electrons. The van der Waals surface area contributed by atoms with Gasteiger partial charge in [0.15, 0.2) is 0 Å². The molecule has 3 aromatic rings. The lowest BCUT2D eigenvalue weighted by atomic mass is 10.2. The van der Waals surface area contributed by atoms with Crippen LogP contribution in [0.25, 0.3) is 16.7 Å². The van der Waals surface area contributed by atoms with Gasteiger partial charge >= 0.3 is 0 Å². The lowest BCUT2D eigenvalue weighted by Crippen LogP contribution is -1.98. The van der Waals surface area contributed by atoms with Crippen LogP contribution in [0, 0.1) is 12.7 Å². The molecule has 0 aliphatic rings. The zero-order chi connectivity index (χ0) is 13.6. The van der Waals surface area contributed by atoms with E-state index < -0.39 is 0 Å². The second-order valence-electron chi connectivity index (χ2n) is 4.34. The number of nitrogen functional groups attached to an aromatic ring is 1. The molecule has 0 saturated heterocycles. The highest BCUT2D eigenvalue weighted by molar-refractivity contribution is 6.32. The van der Waals surface area contributed by atoms with E-state index in [4.69, 9.17) is 17.3 Å². The van der Waals surface area contributed by atoms with Gasteiger partial charge in [-0.25, -0.2) is 9.37 Å². The first kappa shape index (κ1) is 12.0. The molecule has 0 atom stereocenters. The van der Waals surface area contributed by atoms with E-state index in [0.29, 0.717) is 16.4 Å². The summed E-state index contributed by atoms with van der Waals surface area (Å²) in [5.41, 5.74) is 8.57. The zero-order valence-corrected chi connectivity index (χ0v) is 10.9. The lowest BCUT2D eigenvalue weighted by Gasteiger charge is -2.09. The molecule has 0 bridgehead atoms. The minimum atomic E-state index is -0.337. The monoisotopic (exact) mass is 275 g/mol. The largest absolute Gasteiger partial charge is 0.399 e. The van der Waals surface area contributed by atoms with E-state index in [1.807, 2.05) is 17.6 Å². The summed E-state index contributed by atoms with van der Waals surface area (Å²) < 4.78 is 15.2. The molecule has 1 aromatic heterocycles. The Morgan fingerprint density at radius 1 is 1.21 bits per heavy atom. The Balaban J connectivity index is 2.36. The fourth-order valence-electron chi connectivity index (χ4n) is 2.18. The third kappa shape index (κ3) is 1.94. The predicted molar refractivity (Wildman–Crippen MR) is 75.2 cm³/mol. The van der Waals surface area contributed by atoms with Gasteiger partial charge in [-0.3, -0.25) is 4.57 Å². The van der Waals surface area contributed by atoms with Gasteiger partial charge in [-0.15, -0.1) is 0 Å². The minimum absolute atomic E-state index is 0.337. The highest BCUT2D eigenvalue weighted by Gasteiger charge is 2.12. The van der Waals surface area contributed by atoms with E-state index in [1.54, 1.807) is 12.1 Å². The van der Waals surface area contributed by atoms with E-state index >= 15 is 0 Å². The number of nitrogens with two attached hydrogens (primary N) is 1. The smallest absolute Gasteiger partial charge is 0.125 e. The van der Waals surface area contributed by atoms with Crippen LogP contribution < -0.4 is 5.73 Å². The predicted octanol–water partition coefficient (Wildman–Crippen LogP) is 3.71. The van der Waals surface area contributed by atoms with Crippen molar-refractivity contribution >= 4 is 28.3 Å². The van der Waals surface area contributed by atoms with Crippen LogP contribution in [0.15, 0.2) is 36.4 Å². The van der Waals surface area contributed by atoms with Gasteiger partial charge < -0.3 is 5.73 Å². The van der Waals surface area contributed by atoms with Crippen molar-refractivity contribution in [1.82, 2.24) is 9.55 Å². The summed E-state index contributed by atoms with van der Waals surface area (Å²) in [6.07, 6.45) is 0. The minimum Gasteiger partial charge on any atom is -0.399 e. The molecular formula is C14H11ClFN3. The summed E-state index contributed by atoms with van der Waals surface area (Å²) in [7, 11) is 0. The summed E-state index contributed by atoms with van der Waals surface area (Å²) in [4.78, 5) is 4.42. The van der Waals surface area contributed by atoms with E-state index in [0.717, 1.165) is 16.9 Å². The molecule has 2 aromatic carbocycles. The van der Waals surface area contributed by atoms with E-state index in [-0.39, 0.29) is 5.82 Å². The normalized spacial score (nSPS) is 11.1. The molecule has 19 heavy (non-hydrogen) atoms. The Bertz CT molecular complexity index is 780. The molecule has 3 rings (SSSR count). The van der Waals surface area contributed by atoms with E-state index in [1.165, 1.54) is 18.2 Å². The second kappa shape index (κ2) is 4.24. The van der Waals surface area contributed by atoms with Crippen molar-refractivity contribution in [3.05, 3.63) is 53.1 Å². The van der Waals surface area contributed by atoms with Gasteiger partial charge in [0.2, 0.25) is 0 Å². The van der Waals surface area contributed by atoms with Crippen molar-refractivity contribution in [2.45, 2.75) is 6.92 Å². The van der Waals surface area contributed by atoms with Crippen LogP contribution in [0.5, 0.6) is 0 Å². The van der Waals surface area contributed by atoms with Crippen molar-refractivity contribution in [1.29, 1.82) is 0 Å². The molecule has 0 aliphatic heterocycles. The van der Waals surface area contributed by atoms with Gasteiger partial charge in [-0.05, 0) is 43.3 Å². The van der Waals surface area contributed by atoms with Crippen LogP contribution in [0.4, 0.5) is 10.1 Å². The summed E-state index contributed by atoms with van der Waals surface area (Å²) in [6, 6.07) is 9.69. The number of imidazole rings is 1. The van der Waals surface area contributed by atoms with Gasteiger partial charge in [-0.1, -0.05) is 11.6 Å². The first-order chi connectivity index (χ1) is 9.06. The van der Waals surface area contributed by atoms with Gasteiger partial charge in [0.05, 0.1) is 21.7 Å². The Labute approximate surface area is 114 Å². The Kier molecular flexibility index (Phi) is 2.68. The van der Waals surface area contributed by atoms with Gasteiger partial charge in [0.1, 0.15) is 11.6 Å². The average molecular weight is 276 g/mol. The molecule has 5 heteroatoms. The Morgan fingerprint density at radius 2 is 2.00 bits per heavy atom. The van der Waals surface area contributed by atoms with Crippen LogP contribution in [-0.4, -0.2) is 9.55 Å². The topological polar surface area (TPSA) is 43.8 Å². The zero-order valence-electron chi connectivity index (χ0n) is 10.2. The van der Waals surface area contributed by atoms with Gasteiger partial charge in [-0.2, -0.15) is 0 Å². The maximum atomic E-state index is 13.4. The first-order valence-corrected chi connectivity index (χ1v) is 6.14. The van der Waals surface area contributed by atoms with Gasteiger partial charge in [0, 0.05) is 5.69 Å². The van der Waals surface area contributed by atoms with E-state index in [2.05, 4.69) is 4.98 Å². The molecule has 0 aliphatic carbocycles. The van der Waals surface area contributed by atoms with Crippen LogP contribution in [0.2, 0.25) is 5.02 Å². The summed E-state index contributed by atoms with van der Waals surface area (Å²) in [5.74, 6) is 0.393. The molecule has 0 spiro atoms. The number of anilines is 1. The SMILES string of the molecule is Cc1nc2cc(N)ccc2n1-c1cc(F)ccc1Cl. The Morgan fingerprint density at radius 3 is 2.79 bits per heavy atom. The van der Waals surface area contributed by atoms with Crippen LogP contribution in [0.3, 0.4) is 0 Å². The number of fused-ring (bicyclic) bond motifs is 1. The number of hydrogen-bond donors (Lipinski definition) is 1. The second-order valence-corrected chi connectivity index (χ2v) is 4.75. The number of benzene rings is 2. The standard InChI is InChI=1S/C14H11ClFN3/c1-8-18-12-7-10(17)3-5-13(12)19(8)14-6-9(16)2-4-11(14)15/h2-7H,17H2,1H3. The third-order valence-electron chi connectivity index (χ3n) is 3.00. The molecular weight excluding hydrogens is 265 g/mol. The summed E-state index contributed by atoms with van der Waals surface area (Å²) in [5, 5.41) is 0.473. The molecule has 2 N–H and O–H groups in total. The molecule has 0 fully saturated rings. The summed E-state index contributed by atoms with van der Waals surface area (Å²) >= 11 is 6.15. The third-order valence-corrected chi connectivity index (χ3v) is 3.31. The van der Waals surface area contributed by atoms with Gasteiger partial charge in [0.25, 0.3) is 0 Å². The molecule has 0 saturated carbocycles. The molecule has 0 amide bonds. The maximum Gasteiger partial charge on any atom is 0.125 e. The molecule has 96 valence electrons. The lowest BCUT2D eigenvalue weighted by molar-refractivity contribution is 0.626. The first-order valence-electron chi connectivity index (χ1n) is 5.76. The molecule has 1 heterocycles. The Hall–Kier alpha value is -2.07. The van der Waals surface area contributed by atoms with Crippen molar-refractivity contribution < 1.29 is 4.39 Å². The number of aromatic nitrogens is 2. The highest BCUT2D eigenvalue weighted by atomic mass is 35.5. The van der Waals surface area contributed by atoms with Crippen molar-refractivity contribution in [3.8, 4) is 5.69 Å². The fourth-order valence-corrected chi connectivity index (χ4v) is 2.38. The maximum absolute atomic E-state index is 13.4. The van der Waals surface area contributed by atoms with Crippen molar-refractivity contribution in [2.24, 2.45) is 0 Å². The van der Waals surface area contributed by atoms with Crippen LogP contribution >= 0.6 is 11.6 Å². The number of rotatable bonds is 1.